The maximum Gasteiger partial charge on any atom is 0.490 e. The lowest BCUT2D eigenvalue weighted by atomic mass is 10.1. The van der Waals surface area contributed by atoms with E-state index in [9.17, 15) is 22.8 Å². The number of pyridine rings is 1. The van der Waals surface area contributed by atoms with E-state index in [4.69, 9.17) is 31.3 Å². The van der Waals surface area contributed by atoms with Crippen molar-refractivity contribution in [2.24, 2.45) is 0 Å². The number of carboxylic acid groups (broad SMARTS) is 1. The van der Waals surface area contributed by atoms with Crippen LogP contribution >= 0.6 is 11.6 Å². The lowest BCUT2D eigenvalue weighted by molar-refractivity contribution is -0.192. The summed E-state index contributed by atoms with van der Waals surface area (Å²) in [6.45, 7) is 3.20. The van der Waals surface area contributed by atoms with E-state index in [2.05, 4.69) is 15.2 Å². The molecule has 0 aliphatic carbocycles. The van der Waals surface area contributed by atoms with E-state index in [1.54, 1.807) is 30.3 Å². The molecule has 1 aromatic carbocycles. The van der Waals surface area contributed by atoms with Crippen LogP contribution in [0.4, 0.5) is 13.2 Å². The second-order valence-electron chi connectivity index (χ2n) is 9.39. The minimum Gasteiger partial charge on any atom is -0.475 e. The number of carboxylic acids is 1. The highest BCUT2D eigenvalue weighted by Gasteiger charge is 2.38. The van der Waals surface area contributed by atoms with Gasteiger partial charge in [0.25, 0.3) is 5.56 Å². The van der Waals surface area contributed by atoms with Gasteiger partial charge in [0, 0.05) is 61.9 Å². The molecule has 222 valence electrons. The number of rotatable bonds is 10. The lowest BCUT2D eigenvalue weighted by Gasteiger charge is -2.25. The first-order valence-corrected chi connectivity index (χ1v) is 13.3. The van der Waals surface area contributed by atoms with Crippen molar-refractivity contribution in [1.29, 1.82) is 0 Å². The zero-order valence-corrected chi connectivity index (χ0v) is 23.1. The molecular weight excluding hydrogens is 567 g/mol. The van der Waals surface area contributed by atoms with Crippen LogP contribution in [0.2, 0.25) is 5.02 Å². The quantitative estimate of drug-likeness (QED) is 0.365. The fraction of sp³-hybridized carbons (Fsp3) is 0.444. The maximum atomic E-state index is 13.2. The summed E-state index contributed by atoms with van der Waals surface area (Å²) in [7, 11) is 1.59. The molecule has 2 aromatic heterocycles. The van der Waals surface area contributed by atoms with Gasteiger partial charge in [0.1, 0.15) is 0 Å². The SMILES string of the molecule is COCCC(=O)NCCN1CCCC1Cn1nc(Cc2ccc(Cl)cc2)c2cnccc2c1=O.O=C(O)C(F)(F)F. The van der Waals surface area contributed by atoms with Gasteiger partial charge in [0.15, 0.2) is 0 Å². The number of alkyl halides is 3. The maximum absolute atomic E-state index is 13.2. The Kier molecular flexibility index (Phi) is 11.6. The highest BCUT2D eigenvalue weighted by Crippen LogP contribution is 2.20. The fourth-order valence-corrected chi connectivity index (χ4v) is 4.59. The third-order valence-corrected chi connectivity index (χ3v) is 6.75. The highest BCUT2D eigenvalue weighted by atomic mass is 35.5. The van der Waals surface area contributed by atoms with Gasteiger partial charge in [-0.3, -0.25) is 19.5 Å². The Labute approximate surface area is 239 Å². The molecule has 3 heterocycles. The molecule has 14 heteroatoms. The van der Waals surface area contributed by atoms with E-state index < -0.39 is 12.1 Å². The average molecular weight is 598 g/mol. The summed E-state index contributed by atoms with van der Waals surface area (Å²) in [5.41, 5.74) is 1.79. The Morgan fingerprint density at radius 1 is 1.20 bits per heavy atom. The number of likely N-dealkylation sites (tertiary alicyclic amines) is 1. The van der Waals surface area contributed by atoms with Crippen molar-refractivity contribution in [3.8, 4) is 0 Å². The average Bonchev–Trinajstić information content (AvgIpc) is 3.37. The normalized spacial score (nSPS) is 15.4. The van der Waals surface area contributed by atoms with Crippen LogP contribution in [0.1, 0.15) is 30.5 Å². The third kappa shape index (κ3) is 9.51. The molecular formula is C27H31ClF3N5O5. The van der Waals surface area contributed by atoms with E-state index in [-0.39, 0.29) is 17.5 Å². The third-order valence-electron chi connectivity index (χ3n) is 6.50. The monoisotopic (exact) mass is 597 g/mol. The minimum atomic E-state index is -5.08. The van der Waals surface area contributed by atoms with E-state index in [0.717, 1.165) is 42.6 Å². The Morgan fingerprint density at radius 3 is 2.56 bits per heavy atom. The highest BCUT2D eigenvalue weighted by molar-refractivity contribution is 6.30. The number of benzene rings is 1. The number of carbonyl (C=O) groups is 2. The first kappa shape index (κ1) is 32.0. The van der Waals surface area contributed by atoms with Crippen LogP contribution in [-0.2, 0) is 27.3 Å². The van der Waals surface area contributed by atoms with E-state index in [0.29, 0.717) is 42.9 Å². The van der Waals surface area contributed by atoms with Crippen LogP contribution < -0.4 is 10.9 Å². The number of aliphatic carboxylic acids is 1. The predicted octanol–water partition coefficient (Wildman–Crippen LogP) is 3.29. The standard InChI is InChI=1S/C25H30ClN5O3.C2HF3O2/c1-34-14-9-24(32)28-11-13-30-12-2-3-20(30)17-31-25(33)21-8-10-27-16-22(21)23(29-31)15-18-4-6-19(26)7-5-18;3-2(4,5)1(6)7/h4-8,10,16,20H,2-3,9,11-15,17H2,1H3,(H,28,32);(H,6,7). The van der Waals surface area contributed by atoms with Gasteiger partial charge < -0.3 is 15.2 Å². The van der Waals surface area contributed by atoms with Crippen LogP contribution in [0.5, 0.6) is 0 Å². The summed E-state index contributed by atoms with van der Waals surface area (Å²) < 4.78 is 38.3. The van der Waals surface area contributed by atoms with Crippen molar-refractivity contribution in [2.45, 2.75) is 44.4 Å². The van der Waals surface area contributed by atoms with Crippen molar-refractivity contribution in [3.63, 3.8) is 0 Å². The van der Waals surface area contributed by atoms with Gasteiger partial charge in [-0.1, -0.05) is 23.7 Å². The number of carbonyl (C=O) groups excluding carboxylic acids is 1. The Bertz CT molecular complexity index is 1380. The summed E-state index contributed by atoms with van der Waals surface area (Å²) in [5.74, 6) is -2.77. The van der Waals surface area contributed by atoms with Gasteiger partial charge in [-0.25, -0.2) is 9.48 Å². The van der Waals surface area contributed by atoms with E-state index in [1.807, 2.05) is 24.3 Å². The largest absolute Gasteiger partial charge is 0.490 e. The lowest BCUT2D eigenvalue weighted by Crippen LogP contribution is -2.41. The van der Waals surface area contributed by atoms with Crippen LogP contribution in [0.15, 0.2) is 47.5 Å². The molecule has 1 aliphatic heterocycles. The molecule has 1 fully saturated rings. The van der Waals surface area contributed by atoms with Crippen molar-refractivity contribution in [1.82, 2.24) is 25.0 Å². The summed E-state index contributed by atoms with van der Waals surface area (Å²) in [6, 6.07) is 9.63. The van der Waals surface area contributed by atoms with Gasteiger partial charge in [-0.2, -0.15) is 18.3 Å². The number of halogens is 4. The molecule has 0 bridgehead atoms. The Balaban J connectivity index is 0.000000587. The summed E-state index contributed by atoms with van der Waals surface area (Å²) in [5, 5.41) is 16.9. The van der Waals surface area contributed by atoms with Crippen molar-refractivity contribution in [2.75, 3.05) is 33.4 Å². The molecule has 0 radical (unpaired) electrons. The zero-order chi connectivity index (χ0) is 30.0. The van der Waals surface area contributed by atoms with Gasteiger partial charge in [0.05, 0.1) is 24.2 Å². The number of hydrogen-bond donors (Lipinski definition) is 2. The first-order valence-electron chi connectivity index (χ1n) is 12.9. The van der Waals surface area contributed by atoms with Crippen molar-refractivity contribution < 1.29 is 32.6 Å². The van der Waals surface area contributed by atoms with Gasteiger partial charge >= 0.3 is 12.1 Å². The van der Waals surface area contributed by atoms with Gasteiger partial charge in [-0.15, -0.1) is 0 Å². The molecule has 4 rings (SSSR count). The molecule has 10 nitrogen and oxygen atoms in total. The molecule has 1 atom stereocenters. The molecule has 1 unspecified atom stereocenters. The first-order chi connectivity index (χ1) is 19.5. The zero-order valence-electron chi connectivity index (χ0n) is 22.4. The number of amides is 1. The van der Waals surface area contributed by atoms with Crippen LogP contribution in [0, 0.1) is 0 Å². The number of nitrogens with one attached hydrogen (secondary N) is 1. The number of fused-ring (bicyclic) bond motifs is 1. The fourth-order valence-electron chi connectivity index (χ4n) is 4.46. The number of hydrogen-bond acceptors (Lipinski definition) is 7. The van der Waals surface area contributed by atoms with Crippen molar-refractivity contribution >= 4 is 34.2 Å². The molecule has 1 amide bonds. The molecule has 41 heavy (non-hydrogen) atoms. The van der Waals surface area contributed by atoms with E-state index in [1.165, 1.54) is 0 Å². The van der Waals surface area contributed by atoms with Crippen LogP contribution in [-0.4, -0.2) is 82.2 Å². The molecule has 1 aliphatic rings. The van der Waals surface area contributed by atoms with Gasteiger partial charge in [0.2, 0.25) is 5.91 Å². The number of ether oxygens (including phenoxy) is 1. The number of aromatic nitrogens is 3. The van der Waals surface area contributed by atoms with Crippen LogP contribution in [0.25, 0.3) is 10.8 Å². The van der Waals surface area contributed by atoms with Gasteiger partial charge in [-0.05, 0) is 43.1 Å². The molecule has 2 N–H and O–H groups in total. The second-order valence-corrected chi connectivity index (χ2v) is 9.82. The molecule has 0 spiro atoms. The van der Waals surface area contributed by atoms with E-state index >= 15 is 0 Å². The number of nitrogens with zero attached hydrogens (tertiary/aromatic N) is 4. The summed E-state index contributed by atoms with van der Waals surface area (Å²) >= 11 is 6.04. The predicted molar refractivity (Wildman–Crippen MR) is 146 cm³/mol. The minimum absolute atomic E-state index is 0.00883. The van der Waals surface area contributed by atoms with Crippen LogP contribution in [0.3, 0.4) is 0 Å². The number of methoxy groups -OCH3 is 1. The smallest absolute Gasteiger partial charge is 0.475 e. The molecule has 0 saturated carbocycles. The van der Waals surface area contributed by atoms with Crippen molar-refractivity contribution in [3.05, 3.63) is 69.4 Å². The summed E-state index contributed by atoms with van der Waals surface area (Å²) in [6.07, 6.45) is 1.28. The Morgan fingerprint density at radius 2 is 1.90 bits per heavy atom. The Hall–Kier alpha value is -3.55. The molecule has 1 saturated heterocycles. The summed E-state index contributed by atoms with van der Waals surface area (Å²) in [4.78, 5) is 40.5. The molecule has 3 aromatic rings. The second kappa shape index (κ2) is 14.9. The topological polar surface area (TPSA) is 127 Å².